The molecular weight excluding hydrogens is 242 g/mol. The van der Waals surface area contributed by atoms with E-state index in [1.165, 1.54) is 26.4 Å². The zero-order chi connectivity index (χ0) is 14.1. The number of piperidine rings is 1. The molecule has 1 rings (SSSR count). The molecule has 0 bridgehead atoms. The van der Waals surface area contributed by atoms with Crippen LogP contribution in [0.3, 0.4) is 0 Å². The number of methoxy groups -OCH3 is 1. The molecule has 0 aromatic rings. The Labute approximate surface area is 116 Å². The number of hydrogen-bond acceptors (Lipinski definition) is 3. The first-order valence-electron chi connectivity index (χ1n) is 7.58. The minimum absolute atomic E-state index is 0.117. The second-order valence-corrected chi connectivity index (χ2v) is 5.29. The minimum Gasteiger partial charge on any atom is -0.467 e. The zero-order valence-electron chi connectivity index (χ0n) is 12.3. The Bertz CT molecular complexity index is 291. The van der Waals surface area contributed by atoms with E-state index in [1.54, 1.807) is 4.90 Å². The first-order valence-corrected chi connectivity index (χ1v) is 7.58. The van der Waals surface area contributed by atoms with Crippen LogP contribution >= 0.6 is 0 Å². The SMILES string of the molecule is CCCCCCCC(=O)N1CCCCC1C(=O)OC. The third-order valence-electron chi connectivity index (χ3n) is 3.79. The molecule has 0 saturated carbocycles. The molecule has 1 heterocycles. The fourth-order valence-electron chi connectivity index (χ4n) is 2.63. The van der Waals surface area contributed by atoms with Crippen molar-refractivity contribution < 1.29 is 14.3 Å². The first-order chi connectivity index (χ1) is 9.20. The number of hydrogen-bond donors (Lipinski definition) is 0. The van der Waals surface area contributed by atoms with Gasteiger partial charge in [0.05, 0.1) is 7.11 Å². The lowest BCUT2D eigenvalue weighted by atomic mass is 10.0. The molecule has 1 saturated heterocycles. The topological polar surface area (TPSA) is 46.6 Å². The van der Waals surface area contributed by atoms with Gasteiger partial charge >= 0.3 is 5.97 Å². The number of likely N-dealkylation sites (tertiary alicyclic amines) is 1. The molecular formula is C15H27NO3. The van der Waals surface area contributed by atoms with Gasteiger partial charge in [-0.1, -0.05) is 32.6 Å². The van der Waals surface area contributed by atoms with E-state index < -0.39 is 0 Å². The molecule has 0 spiro atoms. The Balaban J connectivity index is 2.37. The van der Waals surface area contributed by atoms with Crippen LogP contribution in [0, 0.1) is 0 Å². The highest BCUT2D eigenvalue weighted by Crippen LogP contribution is 2.20. The Hall–Kier alpha value is -1.06. The van der Waals surface area contributed by atoms with Crippen molar-refractivity contribution in [1.82, 2.24) is 4.90 Å². The fraction of sp³-hybridized carbons (Fsp3) is 0.867. The number of unbranched alkanes of at least 4 members (excludes halogenated alkanes) is 4. The highest BCUT2D eigenvalue weighted by atomic mass is 16.5. The minimum atomic E-state index is -0.345. The number of carbonyl (C=O) groups excluding carboxylic acids is 2. The monoisotopic (exact) mass is 269 g/mol. The van der Waals surface area contributed by atoms with Crippen LogP contribution in [0.2, 0.25) is 0 Å². The molecule has 1 aliphatic rings. The number of rotatable bonds is 7. The van der Waals surface area contributed by atoms with Gasteiger partial charge in [0.2, 0.25) is 5.91 Å². The van der Waals surface area contributed by atoms with E-state index in [4.69, 9.17) is 4.74 Å². The van der Waals surface area contributed by atoms with E-state index in [0.29, 0.717) is 13.0 Å². The molecule has 4 nitrogen and oxygen atoms in total. The molecule has 0 aliphatic carbocycles. The highest BCUT2D eigenvalue weighted by Gasteiger charge is 2.32. The lowest BCUT2D eigenvalue weighted by Crippen LogP contribution is -2.48. The quantitative estimate of drug-likeness (QED) is 0.527. The van der Waals surface area contributed by atoms with E-state index in [9.17, 15) is 9.59 Å². The first kappa shape index (κ1) is 16.0. The van der Waals surface area contributed by atoms with E-state index in [0.717, 1.165) is 32.1 Å². The molecule has 19 heavy (non-hydrogen) atoms. The molecule has 4 heteroatoms. The van der Waals surface area contributed by atoms with E-state index >= 15 is 0 Å². The third kappa shape index (κ3) is 5.21. The summed E-state index contributed by atoms with van der Waals surface area (Å²) in [7, 11) is 1.39. The van der Waals surface area contributed by atoms with Gasteiger partial charge in [0.25, 0.3) is 0 Å². The van der Waals surface area contributed by atoms with Crippen molar-refractivity contribution in [3.63, 3.8) is 0 Å². The molecule has 110 valence electrons. The number of ether oxygens (including phenoxy) is 1. The van der Waals surface area contributed by atoms with Crippen LogP contribution in [0.1, 0.15) is 64.7 Å². The Morgan fingerprint density at radius 1 is 1.16 bits per heavy atom. The highest BCUT2D eigenvalue weighted by molar-refractivity contribution is 5.84. The van der Waals surface area contributed by atoms with Crippen molar-refractivity contribution in [3.05, 3.63) is 0 Å². The Morgan fingerprint density at radius 2 is 1.89 bits per heavy atom. The summed E-state index contributed by atoms with van der Waals surface area (Å²) in [4.78, 5) is 25.6. The molecule has 0 aromatic carbocycles. The van der Waals surface area contributed by atoms with Crippen LogP contribution in [0.25, 0.3) is 0 Å². The summed E-state index contributed by atoms with van der Waals surface area (Å²) in [5.41, 5.74) is 0. The summed E-state index contributed by atoms with van der Waals surface area (Å²) in [5, 5.41) is 0. The molecule has 1 unspecified atom stereocenters. The van der Waals surface area contributed by atoms with Gasteiger partial charge in [0.1, 0.15) is 6.04 Å². The number of amides is 1. The Morgan fingerprint density at radius 3 is 2.58 bits per heavy atom. The average molecular weight is 269 g/mol. The predicted octanol–water partition coefficient (Wildman–Crippen LogP) is 2.90. The van der Waals surface area contributed by atoms with Crippen molar-refractivity contribution in [2.45, 2.75) is 70.8 Å². The molecule has 1 amide bonds. The number of carbonyl (C=O) groups is 2. The van der Waals surface area contributed by atoms with Crippen molar-refractivity contribution in [2.24, 2.45) is 0 Å². The third-order valence-corrected chi connectivity index (χ3v) is 3.79. The van der Waals surface area contributed by atoms with Crippen molar-refractivity contribution in [1.29, 1.82) is 0 Å². The van der Waals surface area contributed by atoms with Gasteiger partial charge in [0, 0.05) is 13.0 Å². The summed E-state index contributed by atoms with van der Waals surface area (Å²) in [6, 6.07) is -0.345. The molecule has 0 aromatic heterocycles. The Kier molecular flexibility index (Phi) is 7.53. The van der Waals surface area contributed by atoms with Gasteiger partial charge in [-0.2, -0.15) is 0 Å². The van der Waals surface area contributed by atoms with Crippen LogP contribution in [-0.2, 0) is 14.3 Å². The maximum absolute atomic E-state index is 12.2. The van der Waals surface area contributed by atoms with Crippen LogP contribution < -0.4 is 0 Å². The lowest BCUT2D eigenvalue weighted by molar-refractivity contribution is -0.154. The van der Waals surface area contributed by atoms with Gasteiger partial charge in [0.15, 0.2) is 0 Å². The second-order valence-electron chi connectivity index (χ2n) is 5.29. The largest absolute Gasteiger partial charge is 0.467 e. The van der Waals surface area contributed by atoms with E-state index in [-0.39, 0.29) is 17.9 Å². The van der Waals surface area contributed by atoms with Crippen molar-refractivity contribution in [2.75, 3.05) is 13.7 Å². The summed E-state index contributed by atoms with van der Waals surface area (Å²) in [5.74, 6) is -0.148. The summed E-state index contributed by atoms with van der Waals surface area (Å²) < 4.78 is 4.79. The standard InChI is InChI=1S/C15H27NO3/c1-3-4-5-6-7-11-14(17)16-12-9-8-10-13(16)15(18)19-2/h13H,3-12H2,1-2H3. The number of nitrogens with zero attached hydrogens (tertiary/aromatic N) is 1. The van der Waals surface area contributed by atoms with Crippen LogP contribution in [0.15, 0.2) is 0 Å². The van der Waals surface area contributed by atoms with E-state index in [2.05, 4.69) is 6.92 Å². The second kappa shape index (κ2) is 8.94. The summed E-state index contributed by atoms with van der Waals surface area (Å²) in [6.45, 7) is 2.88. The fourth-order valence-corrected chi connectivity index (χ4v) is 2.63. The van der Waals surface area contributed by atoms with Gasteiger partial charge < -0.3 is 9.64 Å². The maximum atomic E-state index is 12.2. The average Bonchev–Trinajstić information content (AvgIpc) is 2.46. The summed E-state index contributed by atoms with van der Waals surface area (Å²) in [6.07, 6.45) is 9.00. The van der Waals surface area contributed by atoms with Crippen molar-refractivity contribution in [3.8, 4) is 0 Å². The van der Waals surface area contributed by atoms with Crippen LogP contribution in [-0.4, -0.2) is 36.5 Å². The van der Waals surface area contributed by atoms with Gasteiger partial charge in [-0.3, -0.25) is 4.79 Å². The predicted molar refractivity (Wildman–Crippen MR) is 74.7 cm³/mol. The van der Waals surface area contributed by atoms with Crippen molar-refractivity contribution >= 4 is 11.9 Å². The van der Waals surface area contributed by atoms with Gasteiger partial charge in [-0.25, -0.2) is 4.79 Å². The van der Waals surface area contributed by atoms with Crippen LogP contribution in [0.4, 0.5) is 0 Å². The molecule has 1 fully saturated rings. The van der Waals surface area contributed by atoms with Gasteiger partial charge in [-0.15, -0.1) is 0 Å². The molecule has 1 aliphatic heterocycles. The van der Waals surface area contributed by atoms with Gasteiger partial charge in [-0.05, 0) is 25.7 Å². The zero-order valence-corrected chi connectivity index (χ0v) is 12.3. The van der Waals surface area contributed by atoms with Crippen LogP contribution in [0.5, 0.6) is 0 Å². The maximum Gasteiger partial charge on any atom is 0.328 e. The molecule has 1 atom stereocenters. The smallest absolute Gasteiger partial charge is 0.328 e. The normalized spacial score (nSPS) is 19.3. The number of esters is 1. The van der Waals surface area contributed by atoms with E-state index in [1.807, 2.05) is 0 Å². The lowest BCUT2D eigenvalue weighted by Gasteiger charge is -2.33. The molecule has 0 radical (unpaired) electrons. The molecule has 0 N–H and O–H groups in total. The summed E-state index contributed by atoms with van der Waals surface area (Å²) >= 11 is 0.